The molecule has 0 amide bonds. The van der Waals surface area contributed by atoms with E-state index in [1.165, 1.54) is 12.0 Å². The number of fused-ring (bicyclic) bond motifs is 1. The molecule has 19 heavy (non-hydrogen) atoms. The highest BCUT2D eigenvalue weighted by molar-refractivity contribution is 9.10. The molecule has 2 aliphatic heterocycles. The van der Waals surface area contributed by atoms with Crippen LogP contribution < -0.4 is 10.1 Å². The first-order valence-corrected chi connectivity index (χ1v) is 7.73. The maximum atomic E-state index is 12.3. The van der Waals surface area contributed by atoms with Crippen molar-refractivity contribution in [2.75, 3.05) is 13.2 Å². The van der Waals surface area contributed by atoms with Crippen LogP contribution in [0.25, 0.3) is 0 Å². The molecule has 0 radical (unpaired) electrons. The van der Waals surface area contributed by atoms with Crippen LogP contribution in [0.4, 0.5) is 0 Å². The molecule has 1 atom stereocenters. The Hall–Kier alpha value is -0.870. The number of ether oxygens (including phenoxy) is 1. The molecule has 1 aromatic rings. The smallest absolute Gasteiger partial charge is 0.154 e. The molecule has 1 saturated heterocycles. The molecule has 0 aromatic heterocycles. The summed E-state index contributed by atoms with van der Waals surface area (Å²) in [4.78, 5) is 12.3. The summed E-state index contributed by atoms with van der Waals surface area (Å²) in [6, 6.07) is 4.14. The number of halogens is 1. The monoisotopic (exact) mass is 323 g/mol. The van der Waals surface area contributed by atoms with Crippen molar-refractivity contribution in [2.45, 2.75) is 38.1 Å². The number of hydrogen-bond acceptors (Lipinski definition) is 3. The topological polar surface area (TPSA) is 38.3 Å². The second-order valence-corrected chi connectivity index (χ2v) is 6.21. The summed E-state index contributed by atoms with van der Waals surface area (Å²) in [7, 11) is 0. The maximum absolute atomic E-state index is 12.3. The Morgan fingerprint density at radius 2 is 2.32 bits per heavy atom. The molecule has 2 aliphatic rings. The second-order valence-electron chi connectivity index (χ2n) is 5.30. The lowest BCUT2D eigenvalue weighted by Crippen LogP contribution is -2.41. The van der Waals surface area contributed by atoms with Crippen LogP contribution in [0.15, 0.2) is 16.6 Å². The highest BCUT2D eigenvalue weighted by atomic mass is 79.9. The van der Waals surface area contributed by atoms with Crippen molar-refractivity contribution in [1.29, 1.82) is 0 Å². The van der Waals surface area contributed by atoms with Crippen molar-refractivity contribution in [3.8, 4) is 5.75 Å². The van der Waals surface area contributed by atoms with Gasteiger partial charge in [0.25, 0.3) is 0 Å². The first-order valence-electron chi connectivity index (χ1n) is 6.94. The van der Waals surface area contributed by atoms with Gasteiger partial charge in [0.1, 0.15) is 5.75 Å². The largest absolute Gasteiger partial charge is 0.493 e. The zero-order chi connectivity index (χ0) is 13.2. The Kier molecular flexibility index (Phi) is 3.89. The molecule has 4 heteroatoms. The van der Waals surface area contributed by atoms with Crippen LogP contribution in [0, 0.1) is 0 Å². The summed E-state index contributed by atoms with van der Waals surface area (Å²) in [5, 5.41) is 3.32. The van der Waals surface area contributed by atoms with Gasteiger partial charge in [-0.1, -0.05) is 22.4 Å². The lowest BCUT2D eigenvalue weighted by molar-refractivity contribution is -0.120. The molecule has 3 rings (SSSR count). The minimum absolute atomic E-state index is 0.0322. The zero-order valence-corrected chi connectivity index (χ0v) is 12.5. The van der Waals surface area contributed by atoms with Crippen LogP contribution in [0.2, 0.25) is 0 Å². The molecule has 1 unspecified atom stereocenters. The summed E-state index contributed by atoms with van der Waals surface area (Å²) >= 11 is 3.52. The van der Waals surface area contributed by atoms with E-state index < -0.39 is 0 Å². The molecule has 1 N–H and O–H groups in total. The standard InChI is InChI=1S/C15H18BrNO2/c16-12-7-10-4-6-19-15(10)11(8-12)9-14(18)13-3-1-2-5-17-13/h7-8,13,17H,1-6,9H2. The van der Waals surface area contributed by atoms with Crippen molar-refractivity contribution in [3.05, 3.63) is 27.7 Å². The van der Waals surface area contributed by atoms with Crippen LogP contribution in [0.1, 0.15) is 30.4 Å². The summed E-state index contributed by atoms with van der Waals surface area (Å²) in [6.45, 7) is 1.69. The molecule has 2 heterocycles. The van der Waals surface area contributed by atoms with Crippen molar-refractivity contribution in [3.63, 3.8) is 0 Å². The molecule has 1 aromatic carbocycles. The van der Waals surface area contributed by atoms with E-state index in [0.717, 1.165) is 48.2 Å². The number of piperidine rings is 1. The van der Waals surface area contributed by atoms with E-state index >= 15 is 0 Å². The highest BCUT2D eigenvalue weighted by Gasteiger charge is 2.24. The molecule has 102 valence electrons. The van der Waals surface area contributed by atoms with E-state index in [-0.39, 0.29) is 11.8 Å². The van der Waals surface area contributed by atoms with Gasteiger partial charge in [-0.15, -0.1) is 0 Å². The number of rotatable bonds is 3. The Labute approximate surface area is 121 Å². The Bertz CT molecular complexity index is 495. The number of ketones is 1. The molecule has 0 bridgehead atoms. The van der Waals surface area contributed by atoms with Crippen molar-refractivity contribution < 1.29 is 9.53 Å². The zero-order valence-electron chi connectivity index (χ0n) is 10.9. The van der Waals surface area contributed by atoms with Gasteiger partial charge in [0.2, 0.25) is 0 Å². The van der Waals surface area contributed by atoms with Crippen molar-refractivity contribution in [2.24, 2.45) is 0 Å². The van der Waals surface area contributed by atoms with Crippen LogP contribution in [0.3, 0.4) is 0 Å². The normalized spacial score (nSPS) is 21.8. The molecular formula is C15H18BrNO2. The molecule has 0 saturated carbocycles. The minimum Gasteiger partial charge on any atom is -0.493 e. The predicted molar refractivity (Wildman–Crippen MR) is 77.7 cm³/mol. The molecule has 3 nitrogen and oxygen atoms in total. The van der Waals surface area contributed by atoms with Crippen LogP contribution in [0.5, 0.6) is 5.75 Å². The SMILES string of the molecule is O=C(Cc1cc(Br)cc2c1OCC2)C1CCCCN1. The van der Waals surface area contributed by atoms with Gasteiger partial charge in [-0.3, -0.25) is 4.79 Å². The third-order valence-corrected chi connectivity index (χ3v) is 4.35. The molecule has 0 aliphatic carbocycles. The van der Waals surface area contributed by atoms with Gasteiger partial charge in [0, 0.05) is 22.9 Å². The Balaban J connectivity index is 1.77. The van der Waals surface area contributed by atoms with Crippen LogP contribution in [-0.4, -0.2) is 25.0 Å². The lowest BCUT2D eigenvalue weighted by Gasteiger charge is -2.22. The fourth-order valence-corrected chi connectivity index (χ4v) is 3.47. The summed E-state index contributed by atoms with van der Waals surface area (Å²) in [6.07, 6.45) is 4.71. The number of hydrogen-bond donors (Lipinski definition) is 1. The Morgan fingerprint density at radius 1 is 1.42 bits per heavy atom. The van der Waals surface area contributed by atoms with Crippen LogP contribution in [-0.2, 0) is 17.6 Å². The molecular weight excluding hydrogens is 306 g/mol. The van der Waals surface area contributed by atoms with E-state index in [0.29, 0.717) is 6.42 Å². The minimum atomic E-state index is 0.0322. The predicted octanol–water partition coefficient (Wildman–Crippen LogP) is 2.64. The van der Waals surface area contributed by atoms with E-state index in [9.17, 15) is 4.79 Å². The first kappa shape index (κ1) is 13.1. The van der Waals surface area contributed by atoms with E-state index in [1.807, 2.05) is 6.07 Å². The van der Waals surface area contributed by atoms with Gasteiger partial charge in [-0.05, 0) is 37.1 Å². The third-order valence-electron chi connectivity index (χ3n) is 3.89. The Morgan fingerprint density at radius 3 is 3.11 bits per heavy atom. The van der Waals surface area contributed by atoms with E-state index in [1.54, 1.807) is 0 Å². The average Bonchev–Trinajstić information content (AvgIpc) is 2.88. The number of carbonyl (C=O) groups excluding carboxylic acids is 1. The fraction of sp³-hybridized carbons (Fsp3) is 0.533. The summed E-state index contributed by atoms with van der Waals surface area (Å²) in [5.74, 6) is 1.22. The maximum Gasteiger partial charge on any atom is 0.154 e. The summed E-state index contributed by atoms with van der Waals surface area (Å²) in [5.41, 5.74) is 2.24. The van der Waals surface area contributed by atoms with Crippen LogP contribution >= 0.6 is 15.9 Å². The van der Waals surface area contributed by atoms with Gasteiger partial charge >= 0.3 is 0 Å². The van der Waals surface area contributed by atoms with Crippen molar-refractivity contribution >= 4 is 21.7 Å². The number of nitrogens with one attached hydrogen (secondary N) is 1. The number of benzene rings is 1. The second kappa shape index (κ2) is 5.63. The highest BCUT2D eigenvalue weighted by Crippen LogP contribution is 2.33. The van der Waals surface area contributed by atoms with Gasteiger partial charge in [-0.2, -0.15) is 0 Å². The lowest BCUT2D eigenvalue weighted by atomic mass is 9.95. The van der Waals surface area contributed by atoms with Gasteiger partial charge in [0.15, 0.2) is 5.78 Å². The molecule has 0 spiro atoms. The average molecular weight is 324 g/mol. The third kappa shape index (κ3) is 2.84. The van der Waals surface area contributed by atoms with E-state index in [2.05, 4.69) is 27.3 Å². The van der Waals surface area contributed by atoms with Crippen molar-refractivity contribution in [1.82, 2.24) is 5.32 Å². The number of Topliss-reactive ketones (excluding diaryl/α,β-unsaturated/α-hetero) is 1. The van der Waals surface area contributed by atoms with Gasteiger partial charge < -0.3 is 10.1 Å². The van der Waals surface area contributed by atoms with Gasteiger partial charge in [0.05, 0.1) is 12.6 Å². The summed E-state index contributed by atoms with van der Waals surface area (Å²) < 4.78 is 6.72. The first-order chi connectivity index (χ1) is 9.24. The molecule has 1 fully saturated rings. The fourth-order valence-electron chi connectivity index (χ4n) is 2.91. The van der Waals surface area contributed by atoms with Gasteiger partial charge in [-0.25, -0.2) is 0 Å². The number of carbonyl (C=O) groups is 1. The quantitative estimate of drug-likeness (QED) is 0.929. The van der Waals surface area contributed by atoms with E-state index in [4.69, 9.17) is 4.74 Å².